The standard InChI is InChI=1S/C14H19NS2/c1-3-5-13(14-6-4-8-17-14)15-11(2)12-7-9-16-10-12/h4,6-11,13,15H,3,5H2,1-2H3. The summed E-state index contributed by atoms with van der Waals surface area (Å²) in [6.45, 7) is 4.50. The van der Waals surface area contributed by atoms with E-state index in [2.05, 4.69) is 53.5 Å². The molecule has 2 aromatic heterocycles. The Balaban J connectivity index is 2.03. The van der Waals surface area contributed by atoms with Crippen LogP contribution >= 0.6 is 22.7 Å². The summed E-state index contributed by atoms with van der Waals surface area (Å²) >= 11 is 3.62. The van der Waals surface area contributed by atoms with E-state index >= 15 is 0 Å². The minimum Gasteiger partial charge on any atom is -0.303 e. The van der Waals surface area contributed by atoms with E-state index in [0.29, 0.717) is 12.1 Å². The van der Waals surface area contributed by atoms with Crippen molar-refractivity contribution < 1.29 is 0 Å². The van der Waals surface area contributed by atoms with Gasteiger partial charge in [-0.1, -0.05) is 19.4 Å². The Hall–Kier alpha value is -0.640. The van der Waals surface area contributed by atoms with Crippen LogP contribution in [0.3, 0.4) is 0 Å². The van der Waals surface area contributed by atoms with Crippen molar-refractivity contribution in [1.82, 2.24) is 5.32 Å². The fraction of sp³-hybridized carbons (Fsp3) is 0.429. The van der Waals surface area contributed by atoms with Crippen LogP contribution in [0, 0.1) is 0 Å². The van der Waals surface area contributed by atoms with Crippen LogP contribution in [0.25, 0.3) is 0 Å². The third-order valence-corrected chi connectivity index (χ3v) is 4.65. The molecule has 1 N–H and O–H groups in total. The van der Waals surface area contributed by atoms with Crippen LogP contribution in [-0.4, -0.2) is 0 Å². The number of hydrogen-bond acceptors (Lipinski definition) is 3. The predicted molar refractivity (Wildman–Crippen MR) is 77.8 cm³/mol. The first-order chi connectivity index (χ1) is 8.31. The van der Waals surface area contributed by atoms with Gasteiger partial charge in [0.2, 0.25) is 0 Å². The van der Waals surface area contributed by atoms with Gasteiger partial charge in [-0.15, -0.1) is 11.3 Å². The average molecular weight is 265 g/mol. The van der Waals surface area contributed by atoms with Crippen molar-refractivity contribution in [2.75, 3.05) is 0 Å². The molecule has 0 aliphatic rings. The van der Waals surface area contributed by atoms with Crippen molar-refractivity contribution >= 4 is 22.7 Å². The molecule has 0 saturated heterocycles. The molecular weight excluding hydrogens is 246 g/mol. The summed E-state index contributed by atoms with van der Waals surface area (Å²) in [4.78, 5) is 1.45. The second-order valence-electron chi connectivity index (χ2n) is 4.30. The van der Waals surface area contributed by atoms with Gasteiger partial charge in [-0.05, 0) is 47.2 Å². The Bertz CT molecular complexity index is 405. The van der Waals surface area contributed by atoms with Crippen LogP contribution in [0.5, 0.6) is 0 Å². The lowest BCUT2D eigenvalue weighted by Gasteiger charge is -2.21. The number of hydrogen-bond donors (Lipinski definition) is 1. The molecule has 2 rings (SSSR count). The molecule has 0 aromatic carbocycles. The molecule has 0 radical (unpaired) electrons. The lowest BCUT2D eigenvalue weighted by atomic mass is 10.1. The molecule has 0 saturated carbocycles. The molecule has 1 nitrogen and oxygen atoms in total. The maximum absolute atomic E-state index is 3.74. The summed E-state index contributed by atoms with van der Waals surface area (Å²) in [6.07, 6.45) is 2.42. The Morgan fingerprint density at radius 3 is 2.76 bits per heavy atom. The summed E-state index contributed by atoms with van der Waals surface area (Å²) in [6, 6.07) is 7.51. The van der Waals surface area contributed by atoms with Crippen LogP contribution in [0.2, 0.25) is 0 Å². The maximum atomic E-state index is 3.74. The quantitative estimate of drug-likeness (QED) is 0.775. The molecule has 2 aromatic rings. The van der Waals surface area contributed by atoms with Crippen molar-refractivity contribution in [3.63, 3.8) is 0 Å². The first-order valence-corrected chi connectivity index (χ1v) is 7.95. The number of thiophene rings is 2. The first-order valence-electron chi connectivity index (χ1n) is 6.12. The van der Waals surface area contributed by atoms with Gasteiger partial charge in [0.15, 0.2) is 0 Å². The van der Waals surface area contributed by atoms with Crippen LogP contribution < -0.4 is 5.32 Å². The van der Waals surface area contributed by atoms with Crippen molar-refractivity contribution in [1.29, 1.82) is 0 Å². The molecule has 0 amide bonds. The molecule has 0 bridgehead atoms. The Kier molecular flexibility index (Phi) is 4.77. The molecular formula is C14H19NS2. The average Bonchev–Trinajstić information content (AvgIpc) is 3.01. The third kappa shape index (κ3) is 3.41. The fourth-order valence-corrected chi connectivity index (χ4v) is 3.58. The molecule has 2 unspecified atom stereocenters. The molecule has 2 heterocycles. The number of rotatable bonds is 6. The smallest absolute Gasteiger partial charge is 0.0419 e. The highest BCUT2D eigenvalue weighted by Crippen LogP contribution is 2.27. The van der Waals surface area contributed by atoms with Crippen LogP contribution in [0.1, 0.15) is 49.2 Å². The van der Waals surface area contributed by atoms with E-state index in [0.717, 1.165) is 0 Å². The van der Waals surface area contributed by atoms with E-state index in [1.165, 1.54) is 23.3 Å². The van der Waals surface area contributed by atoms with Crippen LogP contribution in [-0.2, 0) is 0 Å². The molecule has 0 aliphatic heterocycles. The highest BCUT2D eigenvalue weighted by atomic mass is 32.1. The summed E-state index contributed by atoms with van der Waals surface area (Å²) in [5, 5.41) is 10.3. The summed E-state index contributed by atoms with van der Waals surface area (Å²) in [5.74, 6) is 0. The van der Waals surface area contributed by atoms with Gasteiger partial charge < -0.3 is 5.32 Å². The van der Waals surface area contributed by atoms with Crippen LogP contribution in [0.15, 0.2) is 34.3 Å². The number of nitrogens with one attached hydrogen (secondary N) is 1. The lowest BCUT2D eigenvalue weighted by Crippen LogP contribution is -2.23. The molecule has 0 aliphatic carbocycles. The van der Waals surface area contributed by atoms with Crippen LogP contribution in [0.4, 0.5) is 0 Å². The monoisotopic (exact) mass is 265 g/mol. The lowest BCUT2D eigenvalue weighted by molar-refractivity contribution is 0.445. The minimum absolute atomic E-state index is 0.430. The van der Waals surface area contributed by atoms with E-state index in [9.17, 15) is 0 Å². The highest BCUT2D eigenvalue weighted by Gasteiger charge is 2.15. The zero-order chi connectivity index (χ0) is 12.1. The van der Waals surface area contributed by atoms with Gasteiger partial charge in [0.05, 0.1) is 0 Å². The molecule has 0 spiro atoms. The van der Waals surface area contributed by atoms with Gasteiger partial charge in [0, 0.05) is 17.0 Å². The van der Waals surface area contributed by atoms with E-state index < -0.39 is 0 Å². The van der Waals surface area contributed by atoms with Gasteiger partial charge in [0.1, 0.15) is 0 Å². The SMILES string of the molecule is CCCC(NC(C)c1ccsc1)c1cccs1. The zero-order valence-corrected chi connectivity index (χ0v) is 12.0. The second kappa shape index (κ2) is 6.34. The first kappa shape index (κ1) is 12.8. The van der Waals surface area contributed by atoms with E-state index in [1.807, 2.05) is 11.3 Å². The highest BCUT2D eigenvalue weighted by molar-refractivity contribution is 7.10. The van der Waals surface area contributed by atoms with E-state index in [1.54, 1.807) is 11.3 Å². The molecule has 2 atom stereocenters. The Morgan fingerprint density at radius 2 is 2.18 bits per heavy atom. The fourth-order valence-electron chi connectivity index (χ4n) is 2.01. The van der Waals surface area contributed by atoms with Gasteiger partial charge >= 0.3 is 0 Å². The minimum atomic E-state index is 0.430. The molecule has 0 fully saturated rings. The molecule has 92 valence electrons. The van der Waals surface area contributed by atoms with Gasteiger partial charge in [0.25, 0.3) is 0 Å². The normalized spacial score (nSPS) is 14.7. The van der Waals surface area contributed by atoms with E-state index in [4.69, 9.17) is 0 Å². The van der Waals surface area contributed by atoms with Crippen molar-refractivity contribution in [2.24, 2.45) is 0 Å². The van der Waals surface area contributed by atoms with Gasteiger partial charge in [-0.3, -0.25) is 0 Å². The molecule has 17 heavy (non-hydrogen) atoms. The topological polar surface area (TPSA) is 12.0 Å². The van der Waals surface area contributed by atoms with Crippen molar-refractivity contribution in [3.05, 3.63) is 44.8 Å². The second-order valence-corrected chi connectivity index (χ2v) is 6.06. The molecule has 3 heteroatoms. The summed E-state index contributed by atoms with van der Waals surface area (Å²) in [7, 11) is 0. The largest absolute Gasteiger partial charge is 0.303 e. The van der Waals surface area contributed by atoms with Gasteiger partial charge in [-0.2, -0.15) is 11.3 Å². The predicted octanol–water partition coefficient (Wildman–Crippen LogP) is 5.00. The van der Waals surface area contributed by atoms with Gasteiger partial charge in [-0.25, -0.2) is 0 Å². The van der Waals surface area contributed by atoms with Crippen molar-refractivity contribution in [2.45, 2.75) is 38.8 Å². The maximum Gasteiger partial charge on any atom is 0.0419 e. The van der Waals surface area contributed by atoms with Crippen molar-refractivity contribution in [3.8, 4) is 0 Å². The zero-order valence-electron chi connectivity index (χ0n) is 10.3. The summed E-state index contributed by atoms with van der Waals surface area (Å²) in [5.41, 5.74) is 1.40. The van der Waals surface area contributed by atoms with E-state index in [-0.39, 0.29) is 0 Å². The Morgan fingerprint density at radius 1 is 1.29 bits per heavy atom. The Labute approximate surface area is 112 Å². The summed E-state index contributed by atoms with van der Waals surface area (Å²) < 4.78 is 0. The third-order valence-electron chi connectivity index (χ3n) is 2.96.